The van der Waals surface area contributed by atoms with Crippen LogP contribution in [-0.4, -0.2) is 37.1 Å². The molecule has 0 spiro atoms. The maximum Gasteiger partial charge on any atom is 0.508 e. The number of sulfonamides is 1. The topological polar surface area (TPSA) is 122 Å². The fourth-order valence-electron chi connectivity index (χ4n) is 2.88. The summed E-state index contributed by atoms with van der Waals surface area (Å²) < 4.78 is 37.3. The third-order valence-corrected chi connectivity index (χ3v) is 6.07. The van der Waals surface area contributed by atoms with Gasteiger partial charge in [-0.3, -0.25) is 0 Å². The number of benzene rings is 2. The summed E-state index contributed by atoms with van der Waals surface area (Å²) in [6.07, 6.45) is -3.32. The summed E-state index contributed by atoms with van der Waals surface area (Å²) in [5.74, 6) is 0.455. The predicted molar refractivity (Wildman–Crippen MR) is 99.9 cm³/mol. The highest BCUT2D eigenvalue weighted by Gasteiger charge is 2.29. The van der Waals surface area contributed by atoms with Gasteiger partial charge in [0.2, 0.25) is 10.0 Å². The smallest absolute Gasteiger partial charge is 0.454 e. The molecule has 3 N–H and O–H groups in total. The van der Waals surface area contributed by atoms with E-state index in [0.29, 0.717) is 21.9 Å². The maximum absolute atomic E-state index is 12.5. The molecule has 1 aliphatic rings. The minimum Gasteiger partial charge on any atom is -0.454 e. The van der Waals surface area contributed by atoms with Crippen LogP contribution in [0.4, 0.5) is 4.79 Å². The van der Waals surface area contributed by atoms with Crippen LogP contribution in [0.1, 0.15) is 24.2 Å². The highest BCUT2D eigenvalue weighted by atomic mass is 35.5. The fraction of sp³-hybridized carbons (Fsp3) is 0.278. The van der Waals surface area contributed by atoms with E-state index in [2.05, 4.69) is 9.46 Å². The van der Waals surface area contributed by atoms with E-state index in [-0.39, 0.29) is 11.3 Å². The van der Waals surface area contributed by atoms with Gasteiger partial charge in [-0.05, 0) is 48.9 Å². The van der Waals surface area contributed by atoms with Gasteiger partial charge in [0.05, 0.1) is 17.4 Å². The number of fused-ring (bicyclic) bond motifs is 1. The van der Waals surface area contributed by atoms with Gasteiger partial charge < -0.3 is 19.7 Å². The Balaban J connectivity index is 1.71. The van der Waals surface area contributed by atoms with E-state index in [9.17, 15) is 18.3 Å². The zero-order chi connectivity index (χ0) is 20.5. The molecule has 1 aliphatic heterocycles. The van der Waals surface area contributed by atoms with E-state index >= 15 is 0 Å². The number of carboxylic acid groups (broad SMARTS) is 1. The molecule has 0 aromatic heterocycles. The van der Waals surface area contributed by atoms with Crippen molar-refractivity contribution in [3.8, 4) is 5.75 Å². The molecule has 0 saturated heterocycles. The Morgan fingerprint density at radius 2 is 1.96 bits per heavy atom. The van der Waals surface area contributed by atoms with Gasteiger partial charge >= 0.3 is 6.16 Å². The van der Waals surface area contributed by atoms with Crippen molar-refractivity contribution in [3.63, 3.8) is 0 Å². The van der Waals surface area contributed by atoms with Gasteiger partial charge in [-0.15, -0.1) is 0 Å². The maximum atomic E-state index is 12.5. The lowest BCUT2D eigenvalue weighted by molar-refractivity contribution is -0.0394. The van der Waals surface area contributed by atoms with Crippen molar-refractivity contribution in [1.82, 2.24) is 4.72 Å². The number of ether oxygens (including phenoxy) is 2. The molecule has 150 valence electrons. The van der Waals surface area contributed by atoms with Gasteiger partial charge in [0.25, 0.3) is 6.29 Å². The Labute approximate surface area is 166 Å². The van der Waals surface area contributed by atoms with Crippen LogP contribution in [0.5, 0.6) is 5.75 Å². The Bertz CT molecular complexity index is 978. The molecule has 0 fully saturated rings. The summed E-state index contributed by atoms with van der Waals surface area (Å²) in [5, 5.41) is 19.7. The average molecular weight is 428 g/mol. The van der Waals surface area contributed by atoms with Crippen LogP contribution in [0.2, 0.25) is 5.02 Å². The summed E-state index contributed by atoms with van der Waals surface area (Å²) in [5.41, 5.74) is 1.13. The van der Waals surface area contributed by atoms with Crippen molar-refractivity contribution >= 4 is 27.8 Å². The van der Waals surface area contributed by atoms with Gasteiger partial charge in [-0.1, -0.05) is 17.7 Å². The van der Waals surface area contributed by atoms with Crippen LogP contribution >= 0.6 is 11.6 Å². The molecule has 0 bridgehead atoms. The molecule has 0 radical (unpaired) electrons. The number of rotatable bonds is 6. The van der Waals surface area contributed by atoms with Gasteiger partial charge in [0.1, 0.15) is 5.75 Å². The first kappa shape index (κ1) is 20.4. The lowest BCUT2D eigenvalue weighted by Gasteiger charge is -2.21. The molecule has 0 amide bonds. The fourth-order valence-corrected chi connectivity index (χ4v) is 4.25. The Morgan fingerprint density at radius 3 is 2.61 bits per heavy atom. The first-order valence-electron chi connectivity index (χ1n) is 8.31. The summed E-state index contributed by atoms with van der Waals surface area (Å²) in [4.78, 5) is 10.7. The van der Waals surface area contributed by atoms with Crippen LogP contribution in [0, 0.1) is 0 Å². The molecule has 10 heteroatoms. The van der Waals surface area contributed by atoms with E-state index in [1.54, 1.807) is 18.2 Å². The van der Waals surface area contributed by atoms with Crippen molar-refractivity contribution in [1.29, 1.82) is 0 Å². The van der Waals surface area contributed by atoms with Crippen LogP contribution in [0.25, 0.3) is 0 Å². The first-order chi connectivity index (χ1) is 13.2. The number of hydrogen-bond donors (Lipinski definition) is 3. The lowest BCUT2D eigenvalue weighted by Crippen LogP contribution is -2.37. The van der Waals surface area contributed by atoms with Gasteiger partial charge in [-0.25, -0.2) is 17.9 Å². The minimum atomic E-state index is -3.84. The van der Waals surface area contributed by atoms with Crippen LogP contribution in [0.15, 0.2) is 47.4 Å². The standard InChI is InChI=1S/C18H18ClNO7S/c1-10(20-28(24,25)14-5-3-13(19)4-6-14)17(21)11-2-7-15-12(8-11)9-16(26-15)27-18(22)23/h2-8,10,16-17,20-21H,9H2,1H3,(H,22,23). The lowest BCUT2D eigenvalue weighted by atomic mass is 10.0. The Hall–Kier alpha value is -2.33. The summed E-state index contributed by atoms with van der Waals surface area (Å²) in [6.45, 7) is 1.54. The minimum absolute atomic E-state index is 0.0342. The zero-order valence-corrected chi connectivity index (χ0v) is 16.3. The summed E-state index contributed by atoms with van der Waals surface area (Å²) in [6, 6.07) is 9.66. The Morgan fingerprint density at radius 1 is 1.29 bits per heavy atom. The second-order valence-electron chi connectivity index (χ2n) is 6.31. The quantitative estimate of drug-likeness (QED) is 0.605. The van der Waals surface area contributed by atoms with Crippen molar-refractivity contribution in [2.24, 2.45) is 0 Å². The van der Waals surface area contributed by atoms with Gasteiger partial charge in [-0.2, -0.15) is 0 Å². The second kappa shape index (κ2) is 7.96. The van der Waals surface area contributed by atoms with Gasteiger partial charge in [0, 0.05) is 16.6 Å². The van der Waals surface area contributed by atoms with E-state index < -0.39 is 34.6 Å². The van der Waals surface area contributed by atoms with Crippen LogP contribution in [-0.2, 0) is 21.2 Å². The van der Waals surface area contributed by atoms with Gasteiger partial charge in [0.15, 0.2) is 0 Å². The van der Waals surface area contributed by atoms with Crippen molar-refractivity contribution in [2.45, 2.75) is 36.7 Å². The van der Waals surface area contributed by atoms with E-state index in [4.69, 9.17) is 21.4 Å². The number of carbonyl (C=O) groups is 1. The number of nitrogens with one attached hydrogen (secondary N) is 1. The number of halogens is 1. The molecule has 8 nitrogen and oxygen atoms in total. The van der Waals surface area contributed by atoms with Crippen LogP contribution < -0.4 is 9.46 Å². The number of hydrogen-bond acceptors (Lipinski definition) is 6. The number of aliphatic hydroxyl groups excluding tert-OH is 1. The molecule has 28 heavy (non-hydrogen) atoms. The SMILES string of the molecule is CC(NS(=O)(=O)c1ccc(Cl)cc1)C(O)c1ccc2c(c1)CC(OC(=O)O)O2. The molecule has 2 aromatic carbocycles. The third kappa shape index (κ3) is 4.56. The average Bonchev–Trinajstić information content (AvgIpc) is 3.01. The molecule has 3 atom stereocenters. The van der Waals surface area contributed by atoms with Crippen molar-refractivity contribution < 1.29 is 32.9 Å². The molecule has 3 unspecified atom stereocenters. The molecule has 3 rings (SSSR count). The highest BCUT2D eigenvalue weighted by Crippen LogP contribution is 2.32. The van der Waals surface area contributed by atoms with E-state index in [0.717, 1.165) is 0 Å². The first-order valence-corrected chi connectivity index (χ1v) is 10.2. The zero-order valence-electron chi connectivity index (χ0n) is 14.7. The van der Waals surface area contributed by atoms with E-state index in [1.807, 2.05) is 0 Å². The molecular formula is C18H18ClNO7S. The normalized spacial score (nSPS) is 18.0. The second-order valence-corrected chi connectivity index (χ2v) is 8.46. The van der Waals surface area contributed by atoms with Crippen LogP contribution in [0.3, 0.4) is 0 Å². The van der Waals surface area contributed by atoms with Crippen molar-refractivity contribution in [3.05, 3.63) is 58.6 Å². The number of aliphatic hydroxyl groups is 1. The molecule has 0 saturated carbocycles. The van der Waals surface area contributed by atoms with E-state index in [1.165, 1.54) is 31.2 Å². The summed E-state index contributed by atoms with van der Waals surface area (Å²) >= 11 is 5.78. The summed E-state index contributed by atoms with van der Waals surface area (Å²) in [7, 11) is -3.84. The van der Waals surface area contributed by atoms with Crippen molar-refractivity contribution in [2.75, 3.05) is 0 Å². The molecule has 0 aliphatic carbocycles. The predicted octanol–water partition coefficient (Wildman–Crippen LogP) is 2.70. The Kier molecular flexibility index (Phi) is 5.80. The highest BCUT2D eigenvalue weighted by molar-refractivity contribution is 7.89. The monoisotopic (exact) mass is 427 g/mol. The molecule has 2 aromatic rings. The molecule has 1 heterocycles. The largest absolute Gasteiger partial charge is 0.508 e. The molecular weight excluding hydrogens is 410 g/mol. The third-order valence-electron chi connectivity index (χ3n) is 4.24.